The first-order chi connectivity index (χ1) is 7.43. The van der Waals surface area contributed by atoms with E-state index in [1.165, 1.54) is 0 Å². The molecule has 3 heteroatoms. The fourth-order valence-corrected chi connectivity index (χ4v) is 1.94. The summed E-state index contributed by atoms with van der Waals surface area (Å²) in [6.45, 7) is 5.69. The molecule has 1 aromatic carbocycles. The van der Waals surface area contributed by atoms with Crippen LogP contribution in [0.4, 0.5) is 0 Å². The molecule has 0 saturated heterocycles. The second-order valence-electron chi connectivity index (χ2n) is 4.70. The number of nitrogens with zero attached hydrogens (tertiary/aromatic N) is 2. The number of imidazole rings is 1. The van der Waals surface area contributed by atoms with E-state index in [2.05, 4.69) is 16.5 Å². The number of benzene rings is 1. The molecule has 1 heterocycles. The van der Waals surface area contributed by atoms with E-state index in [9.17, 15) is 5.11 Å². The average molecular weight is 218 g/mol. The number of hydrogen-bond donors (Lipinski definition) is 1. The fraction of sp³-hybridized carbons (Fsp3) is 0.462. The Labute approximate surface area is 95.7 Å². The summed E-state index contributed by atoms with van der Waals surface area (Å²) in [6, 6.07) is 5.93. The maximum Gasteiger partial charge on any atom is 0.109 e. The summed E-state index contributed by atoms with van der Waals surface area (Å²) in [5.41, 5.74) is 2.19. The first kappa shape index (κ1) is 11.1. The third-order valence-corrected chi connectivity index (χ3v) is 3.00. The molecule has 86 valence electrons. The Morgan fingerprint density at radius 3 is 2.62 bits per heavy atom. The van der Waals surface area contributed by atoms with Crippen molar-refractivity contribution < 1.29 is 5.11 Å². The lowest BCUT2D eigenvalue weighted by Crippen LogP contribution is -2.15. The highest BCUT2D eigenvalue weighted by atomic mass is 16.3. The van der Waals surface area contributed by atoms with E-state index in [1.807, 2.05) is 25.2 Å². The van der Waals surface area contributed by atoms with Crippen LogP contribution in [0.15, 0.2) is 18.2 Å². The zero-order chi connectivity index (χ0) is 11.9. The van der Waals surface area contributed by atoms with E-state index >= 15 is 0 Å². The largest absolute Gasteiger partial charge is 0.386 e. The molecule has 0 aliphatic heterocycles. The van der Waals surface area contributed by atoms with Crippen molar-refractivity contribution in [3.05, 3.63) is 29.6 Å². The summed E-state index contributed by atoms with van der Waals surface area (Å²) >= 11 is 0. The second-order valence-corrected chi connectivity index (χ2v) is 4.70. The molecule has 0 saturated carbocycles. The highest BCUT2D eigenvalue weighted by Gasteiger charge is 2.17. The van der Waals surface area contributed by atoms with E-state index in [4.69, 9.17) is 0 Å². The molecule has 0 fully saturated rings. The van der Waals surface area contributed by atoms with Crippen LogP contribution < -0.4 is 0 Å². The molecule has 0 unspecified atom stereocenters. The van der Waals surface area contributed by atoms with E-state index in [0.717, 1.165) is 28.8 Å². The standard InChI is InChI=1S/C13H18N2O/c1-5-12-14-10-7-6-9(13(2,3)16)8-11(10)15(12)4/h6-8,16H,5H2,1-4H3. The van der Waals surface area contributed by atoms with Crippen LogP contribution in [0.2, 0.25) is 0 Å². The summed E-state index contributed by atoms with van der Waals surface area (Å²) in [4.78, 5) is 4.54. The lowest BCUT2D eigenvalue weighted by molar-refractivity contribution is 0.0787. The van der Waals surface area contributed by atoms with Crippen molar-refractivity contribution in [2.75, 3.05) is 0 Å². The first-order valence-corrected chi connectivity index (χ1v) is 5.61. The van der Waals surface area contributed by atoms with E-state index < -0.39 is 5.60 Å². The molecule has 0 amide bonds. The van der Waals surface area contributed by atoms with Gasteiger partial charge in [0.25, 0.3) is 0 Å². The summed E-state index contributed by atoms with van der Waals surface area (Å²) in [6.07, 6.45) is 0.920. The highest BCUT2D eigenvalue weighted by Crippen LogP contribution is 2.24. The van der Waals surface area contributed by atoms with Crippen molar-refractivity contribution in [1.29, 1.82) is 0 Å². The van der Waals surface area contributed by atoms with Gasteiger partial charge < -0.3 is 9.67 Å². The quantitative estimate of drug-likeness (QED) is 0.840. The molecule has 0 atom stereocenters. The van der Waals surface area contributed by atoms with E-state index in [0.29, 0.717) is 0 Å². The topological polar surface area (TPSA) is 38.1 Å². The number of fused-ring (bicyclic) bond motifs is 1. The monoisotopic (exact) mass is 218 g/mol. The Kier molecular flexibility index (Phi) is 2.50. The normalized spacial score (nSPS) is 12.3. The van der Waals surface area contributed by atoms with Crippen LogP contribution in [0.5, 0.6) is 0 Å². The minimum absolute atomic E-state index is 0.801. The Hall–Kier alpha value is -1.35. The third-order valence-electron chi connectivity index (χ3n) is 3.00. The molecular weight excluding hydrogens is 200 g/mol. The molecule has 0 aliphatic carbocycles. The van der Waals surface area contributed by atoms with Gasteiger partial charge in [0.15, 0.2) is 0 Å². The van der Waals surface area contributed by atoms with Gasteiger partial charge in [0.1, 0.15) is 5.82 Å². The van der Waals surface area contributed by atoms with Crippen LogP contribution in [0, 0.1) is 0 Å². The van der Waals surface area contributed by atoms with Gasteiger partial charge in [-0.1, -0.05) is 13.0 Å². The maximum atomic E-state index is 9.97. The molecule has 0 bridgehead atoms. The molecule has 0 radical (unpaired) electrons. The maximum absolute atomic E-state index is 9.97. The van der Waals surface area contributed by atoms with Crippen LogP contribution in [0.25, 0.3) is 11.0 Å². The molecule has 1 N–H and O–H groups in total. The minimum atomic E-state index is -0.801. The summed E-state index contributed by atoms with van der Waals surface area (Å²) in [7, 11) is 2.02. The Morgan fingerprint density at radius 1 is 1.38 bits per heavy atom. The SMILES string of the molecule is CCc1nc2ccc(C(C)(C)O)cc2n1C. The molecular formula is C13H18N2O. The summed E-state index contributed by atoms with van der Waals surface area (Å²) < 4.78 is 2.09. The summed E-state index contributed by atoms with van der Waals surface area (Å²) in [5.74, 6) is 1.07. The Balaban J connectivity index is 2.66. The van der Waals surface area contributed by atoms with Crippen LogP contribution in [-0.2, 0) is 19.1 Å². The van der Waals surface area contributed by atoms with Crippen molar-refractivity contribution in [3.63, 3.8) is 0 Å². The number of aromatic nitrogens is 2. The second kappa shape index (κ2) is 3.59. The smallest absolute Gasteiger partial charge is 0.109 e. The van der Waals surface area contributed by atoms with Crippen LogP contribution in [-0.4, -0.2) is 14.7 Å². The number of aryl methyl sites for hydroxylation is 2. The van der Waals surface area contributed by atoms with Gasteiger partial charge in [-0.15, -0.1) is 0 Å². The molecule has 16 heavy (non-hydrogen) atoms. The van der Waals surface area contributed by atoms with Gasteiger partial charge in [0.2, 0.25) is 0 Å². The number of rotatable bonds is 2. The zero-order valence-electron chi connectivity index (χ0n) is 10.3. The highest BCUT2D eigenvalue weighted by molar-refractivity contribution is 5.77. The summed E-state index contributed by atoms with van der Waals surface area (Å²) in [5, 5.41) is 9.97. The Bertz CT molecular complexity index is 520. The number of aliphatic hydroxyl groups is 1. The molecule has 2 rings (SSSR count). The molecule has 1 aromatic heterocycles. The van der Waals surface area contributed by atoms with Gasteiger partial charge in [-0.2, -0.15) is 0 Å². The van der Waals surface area contributed by atoms with Gasteiger partial charge in [-0.25, -0.2) is 4.98 Å². The average Bonchev–Trinajstić information content (AvgIpc) is 2.54. The van der Waals surface area contributed by atoms with Gasteiger partial charge in [0.05, 0.1) is 16.6 Å². The van der Waals surface area contributed by atoms with E-state index in [-0.39, 0.29) is 0 Å². The van der Waals surface area contributed by atoms with Gasteiger partial charge in [-0.3, -0.25) is 0 Å². The fourth-order valence-electron chi connectivity index (χ4n) is 1.94. The van der Waals surface area contributed by atoms with E-state index in [1.54, 1.807) is 13.8 Å². The molecule has 0 aliphatic rings. The van der Waals surface area contributed by atoms with Crippen molar-refractivity contribution in [3.8, 4) is 0 Å². The molecule has 3 nitrogen and oxygen atoms in total. The molecule has 0 spiro atoms. The van der Waals surface area contributed by atoms with Gasteiger partial charge >= 0.3 is 0 Å². The van der Waals surface area contributed by atoms with Crippen molar-refractivity contribution >= 4 is 11.0 Å². The third kappa shape index (κ3) is 1.71. The minimum Gasteiger partial charge on any atom is -0.386 e. The lowest BCUT2D eigenvalue weighted by atomic mass is 9.98. The number of hydrogen-bond acceptors (Lipinski definition) is 2. The van der Waals surface area contributed by atoms with Gasteiger partial charge in [0, 0.05) is 13.5 Å². The van der Waals surface area contributed by atoms with Crippen LogP contribution in [0.3, 0.4) is 0 Å². The van der Waals surface area contributed by atoms with Crippen LogP contribution >= 0.6 is 0 Å². The van der Waals surface area contributed by atoms with Crippen molar-refractivity contribution in [2.24, 2.45) is 7.05 Å². The lowest BCUT2D eigenvalue weighted by Gasteiger charge is -2.17. The van der Waals surface area contributed by atoms with Crippen LogP contribution in [0.1, 0.15) is 32.2 Å². The van der Waals surface area contributed by atoms with Gasteiger partial charge in [-0.05, 0) is 31.5 Å². The first-order valence-electron chi connectivity index (χ1n) is 5.61. The predicted molar refractivity (Wildman–Crippen MR) is 65.3 cm³/mol. The zero-order valence-corrected chi connectivity index (χ0v) is 10.3. The predicted octanol–water partition coefficient (Wildman–Crippen LogP) is 2.36. The van der Waals surface area contributed by atoms with Crippen molar-refractivity contribution in [2.45, 2.75) is 32.8 Å². The molecule has 2 aromatic rings. The van der Waals surface area contributed by atoms with Crippen molar-refractivity contribution in [1.82, 2.24) is 9.55 Å². The Morgan fingerprint density at radius 2 is 2.06 bits per heavy atom.